The summed E-state index contributed by atoms with van der Waals surface area (Å²) in [4.78, 5) is 2.51. The van der Waals surface area contributed by atoms with Crippen molar-refractivity contribution in [2.45, 2.75) is 26.3 Å². The molecule has 0 spiro atoms. The highest BCUT2D eigenvalue weighted by Crippen LogP contribution is 2.32. The molecule has 1 aliphatic heterocycles. The van der Waals surface area contributed by atoms with Crippen LogP contribution in [0.3, 0.4) is 0 Å². The molecule has 0 unspecified atom stereocenters. The molecular formula is C17H29ClN2O2. The molecule has 0 bridgehead atoms. The van der Waals surface area contributed by atoms with Crippen LogP contribution in [0.5, 0.6) is 11.5 Å². The molecule has 0 atom stereocenters. The van der Waals surface area contributed by atoms with Gasteiger partial charge in [0.05, 0.1) is 14.2 Å². The Morgan fingerprint density at radius 1 is 1.18 bits per heavy atom. The van der Waals surface area contributed by atoms with E-state index in [9.17, 15) is 0 Å². The van der Waals surface area contributed by atoms with Gasteiger partial charge in [0.25, 0.3) is 0 Å². The SMILES string of the molecule is CCNCC1CCN(Cc2cccc(OC)c2OC)CC1.Cl. The van der Waals surface area contributed by atoms with Crippen molar-refractivity contribution >= 4 is 12.4 Å². The molecule has 1 fully saturated rings. The molecule has 1 aromatic rings. The van der Waals surface area contributed by atoms with E-state index in [4.69, 9.17) is 9.47 Å². The van der Waals surface area contributed by atoms with E-state index >= 15 is 0 Å². The molecule has 126 valence electrons. The maximum atomic E-state index is 5.52. The third-order valence-corrected chi connectivity index (χ3v) is 4.27. The lowest BCUT2D eigenvalue weighted by molar-refractivity contribution is 0.174. The molecule has 2 rings (SSSR count). The van der Waals surface area contributed by atoms with Crippen LogP contribution in [0, 0.1) is 5.92 Å². The number of para-hydroxylation sites is 1. The zero-order valence-corrected chi connectivity index (χ0v) is 14.7. The minimum atomic E-state index is 0. The number of likely N-dealkylation sites (tertiary alicyclic amines) is 1. The summed E-state index contributed by atoms with van der Waals surface area (Å²) in [5.41, 5.74) is 1.21. The van der Waals surface area contributed by atoms with E-state index in [0.717, 1.165) is 50.1 Å². The van der Waals surface area contributed by atoms with E-state index in [-0.39, 0.29) is 12.4 Å². The fourth-order valence-electron chi connectivity index (χ4n) is 3.02. The number of benzene rings is 1. The molecule has 1 aromatic carbocycles. The molecular weight excluding hydrogens is 300 g/mol. The lowest BCUT2D eigenvalue weighted by Gasteiger charge is -2.32. The first-order valence-electron chi connectivity index (χ1n) is 7.91. The first-order chi connectivity index (χ1) is 10.3. The maximum absolute atomic E-state index is 5.52. The van der Waals surface area contributed by atoms with Crippen molar-refractivity contribution < 1.29 is 9.47 Å². The third-order valence-electron chi connectivity index (χ3n) is 4.27. The number of piperidine rings is 1. The van der Waals surface area contributed by atoms with Crippen molar-refractivity contribution in [3.63, 3.8) is 0 Å². The lowest BCUT2D eigenvalue weighted by Crippen LogP contribution is -2.36. The summed E-state index contributed by atoms with van der Waals surface area (Å²) in [6, 6.07) is 6.12. The molecule has 0 saturated carbocycles. The number of ether oxygens (including phenoxy) is 2. The predicted molar refractivity (Wildman–Crippen MR) is 93.3 cm³/mol. The lowest BCUT2D eigenvalue weighted by atomic mass is 9.96. The Morgan fingerprint density at radius 3 is 2.50 bits per heavy atom. The minimum absolute atomic E-state index is 0. The van der Waals surface area contributed by atoms with Gasteiger partial charge in [-0.05, 0) is 51.0 Å². The van der Waals surface area contributed by atoms with Gasteiger partial charge in [-0.25, -0.2) is 0 Å². The smallest absolute Gasteiger partial charge is 0.165 e. The van der Waals surface area contributed by atoms with E-state index in [1.165, 1.54) is 18.4 Å². The third kappa shape index (κ3) is 5.04. The van der Waals surface area contributed by atoms with Crippen molar-refractivity contribution in [3.05, 3.63) is 23.8 Å². The summed E-state index contributed by atoms with van der Waals surface area (Å²) in [5, 5.41) is 3.46. The van der Waals surface area contributed by atoms with Crippen LogP contribution < -0.4 is 14.8 Å². The second-order valence-corrected chi connectivity index (χ2v) is 5.68. The van der Waals surface area contributed by atoms with Crippen LogP contribution in [0.15, 0.2) is 18.2 Å². The van der Waals surface area contributed by atoms with Crippen LogP contribution in [-0.2, 0) is 6.54 Å². The van der Waals surface area contributed by atoms with E-state index in [1.54, 1.807) is 14.2 Å². The summed E-state index contributed by atoms with van der Waals surface area (Å²) in [7, 11) is 3.40. The van der Waals surface area contributed by atoms with Crippen LogP contribution in [0.2, 0.25) is 0 Å². The number of hydrogen-bond donors (Lipinski definition) is 1. The summed E-state index contributed by atoms with van der Waals surface area (Å²) < 4.78 is 10.9. The summed E-state index contributed by atoms with van der Waals surface area (Å²) >= 11 is 0. The van der Waals surface area contributed by atoms with Crippen molar-refractivity contribution in [2.75, 3.05) is 40.4 Å². The minimum Gasteiger partial charge on any atom is -0.493 e. The zero-order valence-electron chi connectivity index (χ0n) is 13.9. The van der Waals surface area contributed by atoms with Crippen LogP contribution >= 0.6 is 12.4 Å². The highest BCUT2D eigenvalue weighted by atomic mass is 35.5. The van der Waals surface area contributed by atoms with Crippen molar-refractivity contribution in [2.24, 2.45) is 5.92 Å². The number of halogens is 1. The van der Waals surface area contributed by atoms with Gasteiger partial charge in [-0.15, -0.1) is 12.4 Å². The molecule has 4 nitrogen and oxygen atoms in total. The van der Waals surface area contributed by atoms with Gasteiger partial charge in [-0.2, -0.15) is 0 Å². The fourth-order valence-corrected chi connectivity index (χ4v) is 3.02. The summed E-state index contributed by atoms with van der Waals surface area (Å²) in [5.74, 6) is 2.51. The van der Waals surface area contributed by atoms with Gasteiger partial charge in [0.15, 0.2) is 11.5 Å². The molecule has 22 heavy (non-hydrogen) atoms. The topological polar surface area (TPSA) is 33.7 Å². The van der Waals surface area contributed by atoms with Gasteiger partial charge in [0.2, 0.25) is 0 Å². The van der Waals surface area contributed by atoms with Crippen molar-refractivity contribution in [1.82, 2.24) is 10.2 Å². The maximum Gasteiger partial charge on any atom is 0.165 e. The van der Waals surface area contributed by atoms with Gasteiger partial charge < -0.3 is 14.8 Å². The van der Waals surface area contributed by atoms with E-state index in [0.29, 0.717) is 0 Å². The van der Waals surface area contributed by atoms with Crippen LogP contribution in [-0.4, -0.2) is 45.3 Å². The average molecular weight is 329 g/mol. The van der Waals surface area contributed by atoms with Gasteiger partial charge in [-0.1, -0.05) is 19.1 Å². The molecule has 0 aliphatic carbocycles. The Morgan fingerprint density at radius 2 is 1.91 bits per heavy atom. The second kappa shape index (κ2) is 9.93. The van der Waals surface area contributed by atoms with Crippen molar-refractivity contribution in [3.8, 4) is 11.5 Å². The Hall–Kier alpha value is -0.970. The number of hydrogen-bond acceptors (Lipinski definition) is 4. The number of nitrogens with zero attached hydrogens (tertiary/aromatic N) is 1. The zero-order chi connectivity index (χ0) is 15.1. The van der Waals surface area contributed by atoms with Crippen LogP contribution in [0.1, 0.15) is 25.3 Å². The first-order valence-corrected chi connectivity index (χ1v) is 7.91. The van der Waals surface area contributed by atoms with Gasteiger partial charge in [0, 0.05) is 12.1 Å². The van der Waals surface area contributed by atoms with E-state index < -0.39 is 0 Å². The Kier molecular flexibility index (Phi) is 8.61. The van der Waals surface area contributed by atoms with Gasteiger partial charge in [0.1, 0.15) is 0 Å². The Balaban J connectivity index is 0.00000242. The highest BCUT2D eigenvalue weighted by Gasteiger charge is 2.20. The largest absolute Gasteiger partial charge is 0.493 e. The number of rotatable bonds is 7. The molecule has 1 heterocycles. The van der Waals surface area contributed by atoms with Gasteiger partial charge >= 0.3 is 0 Å². The normalized spacial score (nSPS) is 16.1. The summed E-state index contributed by atoms with van der Waals surface area (Å²) in [6.07, 6.45) is 2.55. The standard InChI is InChI=1S/C17H28N2O2.ClH/c1-4-18-12-14-8-10-19(11-9-14)13-15-6-5-7-16(20-2)17(15)21-3;/h5-7,14,18H,4,8-13H2,1-3H3;1H. The molecule has 1 saturated heterocycles. The van der Waals surface area contributed by atoms with Crippen LogP contribution in [0.25, 0.3) is 0 Å². The molecule has 0 amide bonds. The van der Waals surface area contributed by atoms with Crippen LogP contribution in [0.4, 0.5) is 0 Å². The quantitative estimate of drug-likeness (QED) is 0.834. The molecule has 0 aromatic heterocycles. The Bertz CT molecular complexity index is 435. The van der Waals surface area contributed by atoms with Gasteiger partial charge in [-0.3, -0.25) is 4.90 Å². The molecule has 1 N–H and O–H groups in total. The monoisotopic (exact) mass is 328 g/mol. The number of nitrogens with one attached hydrogen (secondary N) is 1. The van der Waals surface area contributed by atoms with E-state index in [1.807, 2.05) is 12.1 Å². The predicted octanol–water partition coefficient (Wildman–Crippen LogP) is 2.95. The Labute approximate surface area is 140 Å². The van der Waals surface area contributed by atoms with Crippen molar-refractivity contribution in [1.29, 1.82) is 0 Å². The summed E-state index contributed by atoms with van der Waals surface area (Å²) in [6.45, 7) is 7.67. The average Bonchev–Trinajstić information content (AvgIpc) is 2.54. The molecule has 0 radical (unpaired) electrons. The molecule has 5 heteroatoms. The second-order valence-electron chi connectivity index (χ2n) is 5.68. The number of methoxy groups -OCH3 is 2. The fraction of sp³-hybridized carbons (Fsp3) is 0.647. The first kappa shape index (κ1) is 19.1. The highest BCUT2D eigenvalue weighted by molar-refractivity contribution is 5.85. The molecule has 1 aliphatic rings. The van der Waals surface area contributed by atoms with E-state index in [2.05, 4.69) is 23.2 Å².